The van der Waals surface area contributed by atoms with Crippen molar-refractivity contribution in [2.24, 2.45) is 0 Å². The number of pyridine rings is 1. The predicted molar refractivity (Wildman–Crippen MR) is 111 cm³/mol. The Bertz CT molecular complexity index is 1110. The fourth-order valence-corrected chi connectivity index (χ4v) is 2.93. The van der Waals surface area contributed by atoms with Crippen LogP contribution in [0.15, 0.2) is 91.4 Å². The van der Waals surface area contributed by atoms with E-state index in [2.05, 4.69) is 4.98 Å². The molecule has 0 N–H and O–H groups in total. The van der Waals surface area contributed by atoms with Crippen molar-refractivity contribution in [2.45, 2.75) is 6.92 Å². The van der Waals surface area contributed by atoms with Crippen molar-refractivity contribution in [1.82, 2.24) is 14.8 Å². The average Bonchev–Trinajstić information content (AvgIpc) is 3.18. The molecule has 0 bridgehead atoms. The van der Waals surface area contributed by atoms with E-state index < -0.39 is 0 Å². The lowest BCUT2D eigenvalue weighted by molar-refractivity contribution is 0.104. The van der Waals surface area contributed by atoms with Crippen LogP contribution in [0.3, 0.4) is 0 Å². The van der Waals surface area contributed by atoms with Crippen molar-refractivity contribution >= 4 is 11.9 Å². The Morgan fingerprint density at radius 3 is 2.46 bits per heavy atom. The summed E-state index contributed by atoms with van der Waals surface area (Å²) in [4.78, 5) is 16.7. The SMILES string of the molecule is Cc1ccc(C(=O)/C=C\c2cn(-c3ccccc3)nc2-c2cccnc2)cc1. The number of benzene rings is 2. The molecule has 2 heterocycles. The quantitative estimate of drug-likeness (QED) is 0.363. The smallest absolute Gasteiger partial charge is 0.185 e. The molecular formula is C24H19N3O. The zero-order valence-electron chi connectivity index (χ0n) is 15.5. The van der Waals surface area contributed by atoms with Gasteiger partial charge in [0.25, 0.3) is 0 Å². The zero-order valence-corrected chi connectivity index (χ0v) is 15.5. The Kier molecular flexibility index (Phi) is 4.93. The highest BCUT2D eigenvalue weighted by atomic mass is 16.1. The molecule has 4 heteroatoms. The molecule has 0 aliphatic carbocycles. The van der Waals surface area contributed by atoms with Gasteiger partial charge in [0.05, 0.1) is 5.69 Å². The standard InChI is InChI=1S/C24H19N3O/c1-18-9-11-19(12-10-18)23(28)14-13-21-17-27(22-7-3-2-4-8-22)26-24(21)20-6-5-15-25-16-20/h2-17H,1H3/b14-13-. The van der Waals surface area contributed by atoms with E-state index in [1.807, 2.05) is 90.6 Å². The van der Waals surface area contributed by atoms with E-state index in [-0.39, 0.29) is 5.78 Å². The topological polar surface area (TPSA) is 47.8 Å². The molecule has 0 spiro atoms. The number of hydrogen-bond acceptors (Lipinski definition) is 3. The van der Waals surface area contributed by atoms with Crippen LogP contribution < -0.4 is 0 Å². The van der Waals surface area contributed by atoms with Crippen LogP contribution >= 0.6 is 0 Å². The van der Waals surface area contributed by atoms with E-state index in [0.29, 0.717) is 5.56 Å². The van der Waals surface area contributed by atoms with Gasteiger partial charge in [0.2, 0.25) is 0 Å². The molecule has 0 amide bonds. The molecule has 0 unspecified atom stereocenters. The molecule has 136 valence electrons. The number of rotatable bonds is 5. The number of aromatic nitrogens is 3. The number of allylic oxidation sites excluding steroid dienone is 1. The largest absolute Gasteiger partial charge is 0.289 e. The van der Waals surface area contributed by atoms with Gasteiger partial charge in [0.1, 0.15) is 5.69 Å². The number of nitrogens with zero attached hydrogens (tertiary/aromatic N) is 3. The van der Waals surface area contributed by atoms with Crippen LogP contribution in [0, 0.1) is 6.92 Å². The Hall–Kier alpha value is -3.79. The number of para-hydroxylation sites is 1. The van der Waals surface area contributed by atoms with Gasteiger partial charge in [-0.3, -0.25) is 9.78 Å². The summed E-state index contributed by atoms with van der Waals surface area (Å²) in [6.45, 7) is 2.00. The van der Waals surface area contributed by atoms with E-state index in [1.165, 1.54) is 0 Å². The third-order valence-corrected chi connectivity index (χ3v) is 4.45. The van der Waals surface area contributed by atoms with Crippen LogP contribution in [0.25, 0.3) is 23.0 Å². The maximum absolute atomic E-state index is 12.5. The Balaban J connectivity index is 1.71. The molecule has 0 saturated heterocycles. The first-order chi connectivity index (χ1) is 13.7. The number of hydrogen-bond donors (Lipinski definition) is 0. The van der Waals surface area contributed by atoms with Crippen LogP contribution in [0.2, 0.25) is 0 Å². The minimum absolute atomic E-state index is 0.0374. The first-order valence-electron chi connectivity index (χ1n) is 9.05. The van der Waals surface area contributed by atoms with Crippen molar-refractivity contribution in [3.05, 3.63) is 108 Å². The first-order valence-corrected chi connectivity index (χ1v) is 9.05. The van der Waals surface area contributed by atoms with E-state index in [4.69, 9.17) is 5.10 Å². The lowest BCUT2D eigenvalue weighted by Gasteiger charge is -2.00. The predicted octanol–water partition coefficient (Wildman–Crippen LogP) is 5.14. The molecule has 4 aromatic rings. The molecule has 28 heavy (non-hydrogen) atoms. The number of carbonyl (C=O) groups excluding carboxylic acids is 1. The highest BCUT2D eigenvalue weighted by Crippen LogP contribution is 2.24. The molecule has 0 radical (unpaired) electrons. The molecule has 0 aliphatic heterocycles. The second kappa shape index (κ2) is 7.84. The molecule has 0 atom stereocenters. The van der Waals surface area contributed by atoms with E-state index in [0.717, 1.165) is 28.1 Å². The lowest BCUT2D eigenvalue weighted by atomic mass is 10.1. The molecular weight excluding hydrogens is 346 g/mol. The summed E-state index contributed by atoms with van der Waals surface area (Å²) in [5.74, 6) is -0.0374. The van der Waals surface area contributed by atoms with E-state index >= 15 is 0 Å². The third-order valence-electron chi connectivity index (χ3n) is 4.45. The normalized spacial score (nSPS) is 11.0. The first kappa shape index (κ1) is 17.6. The van der Waals surface area contributed by atoms with Gasteiger partial charge < -0.3 is 0 Å². The molecule has 0 saturated carbocycles. The maximum Gasteiger partial charge on any atom is 0.185 e. The molecule has 2 aromatic heterocycles. The van der Waals surface area contributed by atoms with Crippen molar-refractivity contribution in [2.75, 3.05) is 0 Å². The molecule has 4 nitrogen and oxygen atoms in total. The van der Waals surface area contributed by atoms with Gasteiger partial charge in [-0.25, -0.2) is 4.68 Å². The van der Waals surface area contributed by atoms with Crippen molar-refractivity contribution in [3.63, 3.8) is 0 Å². The zero-order chi connectivity index (χ0) is 19.3. The van der Waals surface area contributed by atoms with Crippen LogP contribution in [-0.2, 0) is 0 Å². The van der Waals surface area contributed by atoms with Crippen molar-refractivity contribution in [3.8, 4) is 16.9 Å². The molecule has 4 rings (SSSR count). The fraction of sp³-hybridized carbons (Fsp3) is 0.0417. The molecule has 0 fully saturated rings. The summed E-state index contributed by atoms with van der Waals surface area (Å²) in [6.07, 6.45) is 8.84. The van der Waals surface area contributed by atoms with Crippen molar-refractivity contribution in [1.29, 1.82) is 0 Å². The summed E-state index contributed by atoms with van der Waals surface area (Å²) in [5.41, 5.74) is 5.29. The van der Waals surface area contributed by atoms with E-state index in [1.54, 1.807) is 18.5 Å². The Morgan fingerprint density at radius 2 is 1.75 bits per heavy atom. The van der Waals surface area contributed by atoms with Gasteiger partial charge in [0, 0.05) is 35.3 Å². The van der Waals surface area contributed by atoms with Crippen LogP contribution in [0.1, 0.15) is 21.5 Å². The summed E-state index contributed by atoms with van der Waals surface area (Å²) in [6, 6.07) is 21.3. The fourth-order valence-electron chi connectivity index (χ4n) is 2.93. The van der Waals surface area contributed by atoms with Gasteiger partial charge in [0.15, 0.2) is 5.78 Å². The van der Waals surface area contributed by atoms with Gasteiger partial charge in [-0.2, -0.15) is 5.10 Å². The van der Waals surface area contributed by atoms with Gasteiger partial charge in [-0.05, 0) is 43.3 Å². The summed E-state index contributed by atoms with van der Waals surface area (Å²) in [7, 11) is 0. The molecule has 2 aromatic carbocycles. The second-order valence-electron chi connectivity index (χ2n) is 6.52. The number of carbonyl (C=O) groups is 1. The number of ketones is 1. The lowest BCUT2D eigenvalue weighted by Crippen LogP contribution is -1.94. The monoisotopic (exact) mass is 365 g/mol. The highest BCUT2D eigenvalue weighted by Gasteiger charge is 2.11. The van der Waals surface area contributed by atoms with Crippen LogP contribution in [0.4, 0.5) is 0 Å². The van der Waals surface area contributed by atoms with Crippen LogP contribution in [0.5, 0.6) is 0 Å². The van der Waals surface area contributed by atoms with Crippen LogP contribution in [-0.4, -0.2) is 20.5 Å². The summed E-state index contributed by atoms with van der Waals surface area (Å²) >= 11 is 0. The number of aryl methyl sites for hydroxylation is 1. The second-order valence-corrected chi connectivity index (χ2v) is 6.52. The minimum Gasteiger partial charge on any atom is -0.289 e. The summed E-state index contributed by atoms with van der Waals surface area (Å²) in [5, 5.41) is 4.73. The molecule has 0 aliphatic rings. The summed E-state index contributed by atoms with van der Waals surface area (Å²) < 4.78 is 1.82. The van der Waals surface area contributed by atoms with E-state index in [9.17, 15) is 4.79 Å². The Labute approximate surface area is 163 Å². The van der Waals surface area contributed by atoms with Gasteiger partial charge >= 0.3 is 0 Å². The highest BCUT2D eigenvalue weighted by molar-refractivity contribution is 6.07. The Morgan fingerprint density at radius 1 is 0.964 bits per heavy atom. The minimum atomic E-state index is -0.0374. The van der Waals surface area contributed by atoms with Gasteiger partial charge in [-0.15, -0.1) is 0 Å². The van der Waals surface area contributed by atoms with Gasteiger partial charge in [-0.1, -0.05) is 48.0 Å². The third kappa shape index (κ3) is 3.81. The average molecular weight is 365 g/mol. The maximum atomic E-state index is 12.5. The van der Waals surface area contributed by atoms with Crippen molar-refractivity contribution < 1.29 is 4.79 Å².